The van der Waals surface area contributed by atoms with Gasteiger partial charge >= 0.3 is 11.9 Å². The maximum atomic E-state index is 11.9. The molecule has 4 nitrogen and oxygen atoms in total. The minimum Gasteiger partial charge on any atom is -0.468 e. The van der Waals surface area contributed by atoms with E-state index in [1.165, 1.54) is 32.6 Å². The molecule has 1 fully saturated rings. The summed E-state index contributed by atoms with van der Waals surface area (Å²) in [6.07, 6.45) is 11.6. The Morgan fingerprint density at radius 2 is 1.90 bits per heavy atom. The van der Waals surface area contributed by atoms with Crippen LogP contribution in [0.3, 0.4) is 0 Å². The Hall–Kier alpha value is -1.58. The fourth-order valence-electron chi connectivity index (χ4n) is 3.27. The van der Waals surface area contributed by atoms with Gasteiger partial charge in [-0.3, -0.25) is 9.59 Å². The molecule has 110 valence electrons. The molecule has 0 spiro atoms. The van der Waals surface area contributed by atoms with Crippen LogP contribution in [-0.4, -0.2) is 26.2 Å². The van der Waals surface area contributed by atoms with Gasteiger partial charge in [0.15, 0.2) is 5.92 Å². The summed E-state index contributed by atoms with van der Waals surface area (Å²) >= 11 is 0. The Morgan fingerprint density at radius 1 is 1.20 bits per heavy atom. The highest BCUT2D eigenvalue weighted by atomic mass is 16.5. The first-order valence-corrected chi connectivity index (χ1v) is 7.20. The van der Waals surface area contributed by atoms with Crippen molar-refractivity contribution < 1.29 is 19.1 Å². The minimum atomic E-state index is -0.851. The molecule has 0 unspecified atom stereocenters. The molecule has 0 aromatic carbocycles. The van der Waals surface area contributed by atoms with Gasteiger partial charge in [0.2, 0.25) is 0 Å². The topological polar surface area (TPSA) is 52.6 Å². The fourth-order valence-corrected chi connectivity index (χ4v) is 3.27. The summed E-state index contributed by atoms with van der Waals surface area (Å²) in [5.74, 6) is -1.54. The van der Waals surface area contributed by atoms with Crippen molar-refractivity contribution in [3.63, 3.8) is 0 Å². The molecule has 20 heavy (non-hydrogen) atoms. The minimum absolute atomic E-state index is 0.147. The standard InChI is InChI=1S/C16H22O4/c1-19-15(17)14(16(18)20-2)13-9-5-8-11-6-3-4-7-12(11)10-13/h5,8-9,12-14H,3-4,6-7,10H2,1-2H3/t12-,13+/m0/s1. The summed E-state index contributed by atoms with van der Waals surface area (Å²) in [7, 11) is 2.62. The SMILES string of the molecule is COC(=O)C(C(=O)OC)[C@@H]1C=CC=C2CCCC[C@H]2C1. The Morgan fingerprint density at radius 3 is 2.55 bits per heavy atom. The molecule has 0 heterocycles. The number of methoxy groups -OCH3 is 2. The molecule has 2 aliphatic carbocycles. The highest BCUT2D eigenvalue weighted by Gasteiger charge is 2.38. The van der Waals surface area contributed by atoms with E-state index in [1.807, 2.05) is 12.2 Å². The zero-order valence-electron chi connectivity index (χ0n) is 12.1. The van der Waals surface area contributed by atoms with Crippen LogP contribution in [-0.2, 0) is 19.1 Å². The number of hydrogen-bond acceptors (Lipinski definition) is 4. The van der Waals surface area contributed by atoms with Gasteiger partial charge in [-0.15, -0.1) is 0 Å². The number of rotatable bonds is 3. The van der Waals surface area contributed by atoms with E-state index in [0.717, 1.165) is 19.3 Å². The molecular formula is C16H22O4. The normalized spacial score (nSPS) is 25.4. The molecular weight excluding hydrogens is 256 g/mol. The van der Waals surface area contributed by atoms with Crippen LogP contribution in [0.2, 0.25) is 0 Å². The van der Waals surface area contributed by atoms with Crippen LogP contribution in [0, 0.1) is 17.8 Å². The number of ether oxygens (including phenoxy) is 2. The van der Waals surface area contributed by atoms with Crippen LogP contribution in [0.4, 0.5) is 0 Å². The van der Waals surface area contributed by atoms with E-state index in [1.54, 1.807) is 0 Å². The van der Waals surface area contributed by atoms with Gasteiger partial charge < -0.3 is 9.47 Å². The first-order chi connectivity index (χ1) is 9.67. The molecule has 0 radical (unpaired) electrons. The largest absolute Gasteiger partial charge is 0.468 e. The Labute approximate surface area is 119 Å². The summed E-state index contributed by atoms with van der Waals surface area (Å²) in [6.45, 7) is 0. The Bertz CT molecular complexity index is 420. The molecule has 0 aromatic heterocycles. The maximum absolute atomic E-state index is 11.9. The molecule has 0 aromatic rings. The van der Waals surface area contributed by atoms with Gasteiger partial charge in [-0.05, 0) is 31.6 Å². The number of fused-ring (bicyclic) bond motifs is 1. The Balaban J connectivity index is 2.18. The molecule has 0 saturated heterocycles. The smallest absolute Gasteiger partial charge is 0.320 e. The van der Waals surface area contributed by atoms with E-state index in [2.05, 4.69) is 6.08 Å². The van der Waals surface area contributed by atoms with E-state index in [-0.39, 0.29) is 5.92 Å². The zero-order chi connectivity index (χ0) is 14.5. The summed E-state index contributed by atoms with van der Waals surface area (Å²) in [6, 6.07) is 0. The van der Waals surface area contributed by atoms with Crippen molar-refractivity contribution in [2.75, 3.05) is 14.2 Å². The van der Waals surface area contributed by atoms with Crippen LogP contribution < -0.4 is 0 Å². The number of carbonyl (C=O) groups excluding carboxylic acids is 2. The molecule has 0 aliphatic heterocycles. The summed E-state index contributed by atoms with van der Waals surface area (Å²) < 4.78 is 9.55. The molecule has 1 saturated carbocycles. The van der Waals surface area contributed by atoms with E-state index in [0.29, 0.717) is 5.92 Å². The van der Waals surface area contributed by atoms with Crippen LogP contribution >= 0.6 is 0 Å². The van der Waals surface area contributed by atoms with E-state index >= 15 is 0 Å². The predicted octanol–water partition coefficient (Wildman–Crippen LogP) is 2.64. The number of allylic oxidation sites excluding steroid dienone is 4. The maximum Gasteiger partial charge on any atom is 0.320 e. The first kappa shape index (κ1) is 14.8. The van der Waals surface area contributed by atoms with E-state index in [4.69, 9.17) is 9.47 Å². The third kappa shape index (κ3) is 3.11. The second kappa shape index (κ2) is 6.73. The third-order valence-corrected chi connectivity index (χ3v) is 4.36. The highest BCUT2D eigenvalue weighted by molar-refractivity contribution is 5.95. The molecule has 2 atom stereocenters. The lowest BCUT2D eigenvalue weighted by Crippen LogP contribution is -2.33. The molecule has 0 amide bonds. The summed E-state index contributed by atoms with van der Waals surface area (Å²) in [4.78, 5) is 23.8. The fraction of sp³-hybridized carbons (Fsp3) is 0.625. The van der Waals surface area contributed by atoms with Gasteiger partial charge in [-0.1, -0.05) is 30.2 Å². The van der Waals surface area contributed by atoms with Crippen molar-refractivity contribution in [2.24, 2.45) is 17.8 Å². The zero-order valence-corrected chi connectivity index (χ0v) is 12.1. The second-order valence-electron chi connectivity index (χ2n) is 5.49. The lowest BCUT2D eigenvalue weighted by molar-refractivity contribution is -0.160. The van der Waals surface area contributed by atoms with Gasteiger partial charge in [0.05, 0.1) is 14.2 Å². The van der Waals surface area contributed by atoms with Gasteiger partial charge in [0.1, 0.15) is 0 Å². The quantitative estimate of drug-likeness (QED) is 0.588. The van der Waals surface area contributed by atoms with Crippen LogP contribution in [0.1, 0.15) is 32.1 Å². The molecule has 2 rings (SSSR count). The second-order valence-corrected chi connectivity index (χ2v) is 5.49. The van der Waals surface area contributed by atoms with Crippen molar-refractivity contribution in [2.45, 2.75) is 32.1 Å². The predicted molar refractivity (Wildman–Crippen MR) is 74.8 cm³/mol. The number of carbonyl (C=O) groups is 2. The van der Waals surface area contributed by atoms with Crippen molar-refractivity contribution in [3.05, 3.63) is 23.8 Å². The lowest BCUT2D eigenvalue weighted by atomic mass is 9.77. The van der Waals surface area contributed by atoms with Crippen LogP contribution in [0.15, 0.2) is 23.8 Å². The highest BCUT2D eigenvalue weighted by Crippen LogP contribution is 2.38. The van der Waals surface area contributed by atoms with Crippen LogP contribution in [0.5, 0.6) is 0 Å². The van der Waals surface area contributed by atoms with Crippen molar-refractivity contribution in [1.29, 1.82) is 0 Å². The molecule has 2 aliphatic rings. The molecule has 0 N–H and O–H groups in total. The van der Waals surface area contributed by atoms with Gasteiger partial charge in [0, 0.05) is 5.92 Å². The number of hydrogen-bond donors (Lipinski definition) is 0. The van der Waals surface area contributed by atoms with Gasteiger partial charge in [-0.25, -0.2) is 0 Å². The third-order valence-electron chi connectivity index (χ3n) is 4.36. The average molecular weight is 278 g/mol. The average Bonchev–Trinajstić information content (AvgIpc) is 2.69. The van der Waals surface area contributed by atoms with E-state index < -0.39 is 17.9 Å². The molecule has 0 bridgehead atoms. The number of esters is 2. The Kier molecular flexibility index (Phi) is 4.99. The summed E-state index contributed by atoms with van der Waals surface area (Å²) in [5, 5.41) is 0. The van der Waals surface area contributed by atoms with Crippen molar-refractivity contribution in [1.82, 2.24) is 0 Å². The van der Waals surface area contributed by atoms with Crippen molar-refractivity contribution in [3.8, 4) is 0 Å². The monoisotopic (exact) mass is 278 g/mol. The lowest BCUT2D eigenvalue weighted by Gasteiger charge is -2.28. The first-order valence-electron chi connectivity index (χ1n) is 7.20. The van der Waals surface area contributed by atoms with Gasteiger partial charge in [0.25, 0.3) is 0 Å². The van der Waals surface area contributed by atoms with Crippen molar-refractivity contribution >= 4 is 11.9 Å². The van der Waals surface area contributed by atoms with Crippen LogP contribution in [0.25, 0.3) is 0 Å². The van der Waals surface area contributed by atoms with E-state index in [9.17, 15) is 9.59 Å². The van der Waals surface area contributed by atoms with Gasteiger partial charge in [-0.2, -0.15) is 0 Å². The summed E-state index contributed by atoms with van der Waals surface area (Å²) in [5.41, 5.74) is 1.45. The molecule has 4 heteroatoms.